The van der Waals surface area contributed by atoms with Gasteiger partial charge in [-0.1, -0.05) is 11.6 Å². The summed E-state index contributed by atoms with van der Waals surface area (Å²) in [6, 6.07) is 0. The Labute approximate surface area is 134 Å². The summed E-state index contributed by atoms with van der Waals surface area (Å²) in [7, 11) is 0. The Morgan fingerprint density at radius 3 is 2.80 bits per heavy atom. The second-order valence-electron chi connectivity index (χ2n) is 4.54. The molecule has 20 heavy (non-hydrogen) atoms. The minimum absolute atomic E-state index is 0.372. The maximum Gasteiger partial charge on any atom is 0.165 e. The summed E-state index contributed by atoms with van der Waals surface area (Å²) in [4.78, 5) is 16.9. The van der Waals surface area contributed by atoms with Gasteiger partial charge in [-0.15, -0.1) is 0 Å². The molecule has 0 amide bonds. The Morgan fingerprint density at radius 1 is 1.20 bits per heavy atom. The minimum Gasteiger partial charge on any atom is -0.309 e. The first-order valence-corrected chi connectivity index (χ1v) is 7.45. The van der Waals surface area contributed by atoms with Gasteiger partial charge in [0.2, 0.25) is 0 Å². The maximum absolute atomic E-state index is 6.01. The number of rotatable bonds is 2. The maximum atomic E-state index is 6.01. The molecule has 7 heteroatoms. The average molecular weight is 400 g/mol. The fourth-order valence-corrected chi connectivity index (χ4v) is 2.67. The summed E-state index contributed by atoms with van der Waals surface area (Å²) >= 11 is 8.35. The fourth-order valence-electron chi connectivity index (χ4n) is 2.04. The first kappa shape index (κ1) is 13.7. The summed E-state index contributed by atoms with van der Waals surface area (Å²) < 4.78 is 3.17. The van der Waals surface area contributed by atoms with Gasteiger partial charge in [0.15, 0.2) is 10.8 Å². The number of aromatic nitrogens is 5. The van der Waals surface area contributed by atoms with Crippen LogP contribution in [0.25, 0.3) is 11.2 Å². The predicted octanol–water partition coefficient (Wildman–Crippen LogP) is 3.14. The van der Waals surface area contributed by atoms with Crippen molar-refractivity contribution in [3.63, 3.8) is 0 Å². The SMILES string of the molecule is Cc1cnc(Cn2cnc3c(Cl)ncnc32)c(C)c1I. The third-order valence-electron chi connectivity index (χ3n) is 3.20. The number of fused-ring (bicyclic) bond motifs is 1. The van der Waals surface area contributed by atoms with E-state index in [0.717, 1.165) is 11.3 Å². The Hall–Kier alpha value is -1.28. The highest BCUT2D eigenvalue weighted by molar-refractivity contribution is 14.1. The molecular weight excluding hydrogens is 389 g/mol. The standard InChI is InChI=1S/C13H11ClIN5/c1-7-3-16-9(8(2)10(7)15)4-20-6-19-11-12(14)17-5-18-13(11)20/h3,5-6H,4H2,1-2H3. The second kappa shape index (κ2) is 5.25. The van der Waals surface area contributed by atoms with Crippen molar-refractivity contribution in [1.82, 2.24) is 24.5 Å². The van der Waals surface area contributed by atoms with Crippen LogP contribution in [0.2, 0.25) is 5.15 Å². The topological polar surface area (TPSA) is 56.5 Å². The zero-order valence-corrected chi connectivity index (χ0v) is 13.8. The van der Waals surface area contributed by atoms with Gasteiger partial charge in [-0.3, -0.25) is 4.98 Å². The van der Waals surface area contributed by atoms with Crippen molar-refractivity contribution in [2.45, 2.75) is 20.4 Å². The van der Waals surface area contributed by atoms with E-state index in [1.807, 2.05) is 10.8 Å². The molecule has 0 bridgehead atoms. The van der Waals surface area contributed by atoms with E-state index < -0.39 is 0 Å². The molecule has 102 valence electrons. The van der Waals surface area contributed by atoms with Crippen molar-refractivity contribution in [2.24, 2.45) is 0 Å². The Balaban J connectivity index is 2.06. The van der Waals surface area contributed by atoms with Gasteiger partial charge in [0.05, 0.1) is 18.6 Å². The molecule has 0 aliphatic rings. The second-order valence-corrected chi connectivity index (χ2v) is 5.97. The number of aryl methyl sites for hydroxylation is 1. The number of imidazole rings is 1. The van der Waals surface area contributed by atoms with E-state index >= 15 is 0 Å². The quantitative estimate of drug-likeness (QED) is 0.491. The van der Waals surface area contributed by atoms with E-state index in [-0.39, 0.29) is 0 Å². The van der Waals surface area contributed by atoms with Crippen molar-refractivity contribution in [1.29, 1.82) is 0 Å². The molecule has 0 atom stereocenters. The highest BCUT2D eigenvalue weighted by Gasteiger charge is 2.12. The third-order valence-corrected chi connectivity index (χ3v) is 5.14. The average Bonchev–Trinajstić information content (AvgIpc) is 2.84. The van der Waals surface area contributed by atoms with E-state index in [1.54, 1.807) is 6.33 Å². The van der Waals surface area contributed by atoms with Gasteiger partial charge in [0, 0.05) is 9.77 Å². The molecule has 0 N–H and O–H groups in total. The monoisotopic (exact) mass is 399 g/mol. The lowest BCUT2D eigenvalue weighted by molar-refractivity contribution is 0.778. The summed E-state index contributed by atoms with van der Waals surface area (Å²) in [5.41, 5.74) is 4.73. The predicted molar refractivity (Wildman–Crippen MR) is 85.9 cm³/mol. The highest BCUT2D eigenvalue weighted by Crippen LogP contribution is 2.21. The normalized spacial score (nSPS) is 11.2. The van der Waals surface area contributed by atoms with Gasteiger partial charge in [0.25, 0.3) is 0 Å². The molecule has 3 rings (SSSR count). The smallest absolute Gasteiger partial charge is 0.165 e. The van der Waals surface area contributed by atoms with Crippen LogP contribution < -0.4 is 0 Å². The molecule has 0 aliphatic heterocycles. The van der Waals surface area contributed by atoms with E-state index in [9.17, 15) is 0 Å². The van der Waals surface area contributed by atoms with Gasteiger partial charge in [0.1, 0.15) is 11.8 Å². The van der Waals surface area contributed by atoms with Gasteiger partial charge in [-0.25, -0.2) is 15.0 Å². The Bertz CT molecular complexity index is 799. The van der Waals surface area contributed by atoms with Crippen molar-refractivity contribution in [2.75, 3.05) is 0 Å². The first-order chi connectivity index (χ1) is 9.58. The fraction of sp³-hybridized carbons (Fsp3) is 0.231. The number of pyridine rings is 1. The molecule has 0 spiro atoms. The van der Waals surface area contributed by atoms with Crippen molar-refractivity contribution in [3.05, 3.63) is 44.4 Å². The molecular formula is C13H11ClIN5. The molecule has 0 radical (unpaired) electrons. The third kappa shape index (κ3) is 2.26. The molecule has 0 aromatic carbocycles. The van der Waals surface area contributed by atoms with Crippen molar-refractivity contribution in [3.8, 4) is 0 Å². The summed E-state index contributed by atoms with van der Waals surface area (Å²) in [6.45, 7) is 4.76. The first-order valence-electron chi connectivity index (χ1n) is 6.00. The van der Waals surface area contributed by atoms with Crippen LogP contribution in [-0.4, -0.2) is 24.5 Å². The lowest BCUT2D eigenvalue weighted by Crippen LogP contribution is -2.05. The van der Waals surface area contributed by atoms with Crippen LogP contribution >= 0.6 is 34.2 Å². The molecule has 0 unspecified atom stereocenters. The van der Waals surface area contributed by atoms with Gasteiger partial charge < -0.3 is 4.57 Å². The van der Waals surface area contributed by atoms with Crippen LogP contribution in [-0.2, 0) is 6.54 Å². The van der Waals surface area contributed by atoms with E-state index in [0.29, 0.717) is 17.2 Å². The van der Waals surface area contributed by atoms with Crippen LogP contribution in [0.3, 0.4) is 0 Å². The van der Waals surface area contributed by atoms with Crippen LogP contribution in [0.4, 0.5) is 0 Å². The minimum atomic E-state index is 0.372. The zero-order valence-electron chi connectivity index (χ0n) is 10.9. The summed E-state index contributed by atoms with van der Waals surface area (Å²) in [5.74, 6) is 0. The molecule has 5 nitrogen and oxygen atoms in total. The van der Waals surface area contributed by atoms with Crippen molar-refractivity contribution < 1.29 is 0 Å². The summed E-state index contributed by atoms with van der Waals surface area (Å²) in [5, 5.41) is 0.372. The van der Waals surface area contributed by atoms with E-state index in [1.165, 1.54) is 21.0 Å². The molecule has 0 aliphatic carbocycles. The Kier molecular flexibility index (Phi) is 3.59. The molecule has 3 heterocycles. The van der Waals surface area contributed by atoms with Crippen LogP contribution in [0.1, 0.15) is 16.8 Å². The number of hydrogen-bond donors (Lipinski definition) is 0. The molecule has 0 fully saturated rings. The van der Waals surface area contributed by atoms with Crippen LogP contribution in [0.15, 0.2) is 18.9 Å². The van der Waals surface area contributed by atoms with Crippen LogP contribution in [0.5, 0.6) is 0 Å². The van der Waals surface area contributed by atoms with Gasteiger partial charge in [-0.2, -0.15) is 0 Å². The molecule has 3 aromatic heterocycles. The lowest BCUT2D eigenvalue weighted by atomic mass is 10.1. The molecule has 0 saturated carbocycles. The van der Waals surface area contributed by atoms with E-state index in [2.05, 4.69) is 56.4 Å². The van der Waals surface area contributed by atoms with Crippen molar-refractivity contribution >= 4 is 45.4 Å². The molecule has 0 saturated heterocycles. The lowest BCUT2D eigenvalue weighted by Gasteiger charge is -2.10. The highest BCUT2D eigenvalue weighted by atomic mass is 127. The largest absolute Gasteiger partial charge is 0.309 e. The Morgan fingerprint density at radius 2 is 2.00 bits per heavy atom. The molecule has 3 aromatic rings. The summed E-state index contributed by atoms with van der Waals surface area (Å²) in [6.07, 6.45) is 5.06. The zero-order chi connectivity index (χ0) is 14.3. The number of nitrogens with zero attached hydrogens (tertiary/aromatic N) is 5. The van der Waals surface area contributed by atoms with Gasteiger partial charge >= 0.3 is 0 Å². The van der Waals surface area contributed by atoms with Gasteiger partial charge in [-0.05, 0) is 47.6 Å². The van der Waals surface area contributed by atoms with E-state index in [4.69, 9.17) is 11.6 Å². The number of halogens is 2. The number of hydrogen-bond acceptors (Lipinski definition) is 4. The van der Waals surface area contributed by atoms with Crippen LogP contribution in [0, 0.1) is 17.4 Å².